The first-order chi connectivity index (χ1) is 8.25. The standard InChI is InChI=1S/C14H17N3/c1-11-5-6-14(17-8-11)10-16-12(2)13-4-3-7-15-9-13/h3-9,12,16H,10H2,1-2H3. The molecule has 0 amide bonds. The van der Waals surface area contributed by atoms with Crippen molar-refractivity contribution in [1.29, 1.82) is 0 Å². The van der Waals surface area contributed by atoms with Crippen LogP contribution in [0.25, 0.3) is 0 Å². The molecular weight excluding hydrogens is 210 g/mol. The Balaban J connectivity index is 1.92. The van der Waals surface area contributed by atoms with Crippen LogP contribution >= 0.6 is 0 Å². The SMILES string of the molecule is Cc1ccc(CNC(C)c2cccnc2)nc1. The Bertz CT molecular complexity index is 451. The molecule has 0 saturated heterocycles. The lowest BCUT2D eigenvalue weighted by Crippen LogP contribution is -2.18. The lowest BCUT2D eigenvalue weighted by molar-refractivity contribution is 0.566. The van der Waals surface area contributed by atoms with E-state index in [2.05, 4.69) is 40.4 Å². The molecule has 17 heavy (non-hydrogen) atoms. The number of nitrogens with one attached hydrogen (secondary N) is 1. The van der Waals surface area contributed by atoms with Gasteiger partial charge >= 0.3 is 0 Å². The van der Waals surface area contributed by atoms with Crippen molar-refractivity contribution in [3.05, 3.63) is 59.7 Å². The first kappa shape index (κ1) is 11.7. The minimum absolute atomic E-state index is 0.284. The molecule has 1 atom stereocenters. The van der Waals surface area contributed by atoms with Gasteiger partial charge in [-0.15, -0.1) is 0 Å². The first-order valence-electron chi connectivity index (χ1n) is 5.80. The van der Waals surface area contributed by atoms with Gasteiger partial charge in [-0.2, -0.15) is 0 Å². The van der Waals surface area contributed by atoms with Crippen molar-refractivity contribution in [2.45, 2.75) is 26.4 Å². The van der Waals surface area contributed by atoms with Crippen LogP contribution in [0, 0.1) is 6.92 Å². The van der Waals surface area contributed by atoms with Gasteiger partial charge in [-0.05, 0) is 37.1 Å². The van der Waals surface area contributed by atoms with Crippen LogP contribution < -0.4 is 5.32 Å². The predicted molar refractivity (Wildman–Crippen MR) is 68.5 cm³/mol. The monoisotopic (exact) mass is 227 g/mol. The topological polar surface area (TPSA) is 37.8 Å². The minimum atomic E-state index is 0.284. The molecule has 3 nitrogen and oxygen atoms in total. The molecule has 0 radical (unpaired) electrons. The van der Waals surface area contributed by atoms with Crippen LogP contribution in [0.15, 0.2) is 42.9 Å². The fourth-order valence-corrected chi connectivity index (χ4v) is 1.61. The number of pyridine rings is 2. The lowest BCUT2D eigenvalue weighted by Gasteiger charge is -2.13. The van der Waals surface area contributed by atoms with Gasteiger partial charge in [0.2, 0.25) is 0 Å². The van der Waals surface area contributed by atoms with Crippen LogP contribution in [-0.2, 0) is 6.54 Å². The molecule has 88 valence electrons. The first-order valence-corrected chi connectivity index (χ1v) is 5.80. The average molecular weight is 227 g/mol. The zero-order valence-electron chi connectivity index (χ0n) is 10.2. The van der Waals surface area contributed by atoms with Crippen molar-refractivity contribution >= 4 is 0 Å². The summed E-state index contributed by atoms with van der Waals surface area (Å²) in [6.45, 7) is 4.95. The van der Waals surface area contributed by atoms with Gasteiger partial charge in [-0.1, -0.05) is 12.1 Å². The van der Waals surface area contributed by atoms with E-state index < -0.39 is 0 Å². The molecule has 0 aliphatic carbocycles. The van der Waals surface area contributed by atoms with E-state index >= 15 is 0 Å². The van der Waals surface area contributed by atoms with Gasteiger partial charge in [0.15, 0.2) is 0 Å². The molecule has 0 saturated carbocycles. The Kier molecular flexibility index (Phi) is 3.83. The van der Waals surface area contributed by atoms with E-state index in [4.69, 9.17) is 0 Å². The average Bonchev–Trinajstić information content (AvgIpc) is 2.39. The van der Waals surface area contributed by atoms with E-state index in [-0.39, 0.29) is 6.04 Å². The number of hydrogen-bond acceptors (Lipinski definition) is 3. The van der Waals surface area contributed by atoms with Crippen molar-refractivity contribution in [3.63, 3.8) is 0 Å². The maximum absolute atomic E-state index is 4.37. The summed E-state index contributed by atoms with van der Waals surface area (Å²) >= 11 is 0. The van der Waals surface area contributed by atoms with Gasteiger partial charge in [-0.25, -0.2) is 0 Å². The highest BCUT2D eigenvalue weighted by Gasteiger charge is 2.04. The Labute approximate surface area is 102 Å². The molecule has 0 spiro atoms. The molecule has 3 heteroatoms. The molecule has 0 aromatic carbocycles. The second-order valence-electron chi connectivity index (χ2n) is 4.22. The Morgan fingerprint density at radius 2 is 2.12 bits per heavy atom. The third kappa shape index (κ3) is 3.36. The predicted octanol–water partition coefficient (Wildman–Crippen LogP) is 2.64. The van der Waals surface area contributed by atoms with E-state index in [1.807, 2.05) is 25.4 Å². The smallest absolute Gasteiger partial charge is 0.0542 e. The van der Waals surface area contributed by atoms with Gasteiger partial charge in [0.05, 0.1) is 5.69 Å². The molecule has 2 heterocycles. The number of hydrogen-bond donors (Lipinski definition) is 1. The summed E-state index contributed by atoms with van der Waals surface area (Å²) < 4.78 is 0. The summed E-state index contributed by atoms with van der Waals surface area (Å²) in [5.74, 6) is 0. The summed E-state index contributed by atoms with van der Waals surface area (Å²) in [6, 6.07) is 8.45. The highest BCUT2D eigenvalue weighted by Crippen LogP contribution is 2.10. The van der Waals surface area contributed by atoms with Gasteiger partial charge < -0.3 is 5.32 Å². The van der Waals surface area contributed by atoms with E-state index in [9.17, 15) is 0 Å². The van der Waals surface area contributed by atoms with E-state index in [1.54, 1.807) is 6.20 Å². The van der Waals surface area contributed by atoms with Gasteiger partial charge in [-0.3, -0.25) is 9.97 Å². The van der Waals surface area contributed by atoms with Crippen LogP contribution in [0.1, 0.15) is 29.8 Å². The third-order valence-electron chi connectivity index (χ3n) is 2.75. The maximum atomic E-state index is 4.37. The molecule has 2 rings (SSSR count). The molecule has 2 aromatic rings. The summed E-state index contributed by atoms with van der Waals surface area (Å²) in [5, 5.41) is 3.43. The number of aromatic nitrogens is 2. The van der Waals surface area contributed by atoms with Crippen molar-refractivity contribution in [2.75, 3.05) is 0 Å². The van der Waals surface area contributed by atoms with E-state index in [0.717, 1.165) is 12.2 Å². The fraction of sp³-hybridized carbons (Fsp3) is 0.286. The van der Waals surface area contributed by atoms with Gasteiger partial charge in [0, 0.05) is 31.2 Å². The summed E-state index contributed by atoms with van der Waals surface area (Å²) in [5.41, 5.74) is 3.44. The van der Waals surface area contributed by atoms with E-state index in [0.29, 0.717) is 0 Å². The fourth-order valence-electron chi connectivity index (χ4n) is 1.61. The summed E-state index contributed by atoms with van der Waals surface area (Å²) in [6.07, 6.45) is 5.57. The molecule has 0 aliphatic rings. The Morgan fingerprint density at radius 1 is 1.24 bits per heavy atom. The number of rotatable bonds is 4. The highest BCUT2D eigenvalue weighted by atomic mass is 14.9. The van der Waals surface area contributed by atoms with Crippen molar-refractivity contribution in [3.8, 4) is 0 Å². The lowest BCUT2D eigenvalue weighted by atomic mass is 10.1. The van der Waals surface area contributed by atoms with Crippen LogP contribution in [-0.4, -0.2) is 9.97 Å². The molecular formula is C14H17N3. The summed E-state index contributed by atoms with van der Waals surface area (Å²) in [7, 11) is 0. The number of nitrogens with zero attached hydrogens (tertiary/aromatic N) is 2. The molecule has 1 unspecified atom stereocenters. The van der Waals surface area contributed by atoms with Crippen molar-refractivity contribution in [2.24, 2.45) is 0 Å². The second kappa shape index (κ2) is 5.55. The van der Waals surface area contributed by atoms with Crippen LogP contribution in [0.4, 0.5) is 0 Å². The molecule has 0 fully saturated rings. The molecule has 0 bridgehead atoms. The Hall–Kier alpha value is -1.74. The zero-order chi connectivity index (χ0) is 12.1. The van der Waals surface area contributed by atoms with Crippen LogP contribution in [0.2, 0.25) is 0 Å². The quantitative estimate of drug-likeness (QED) is 0.872. The Morgan fingerprint density at radius 3 is 2.76 bits per heavy atom. The van der Waals surface area contributed by atoms with E-state index in [1.165, 1.54) is 11.1 Å². The third-order valence-corrected chi connectivity index (χ3v) is 2.75. The zero-order valence-corrected chi connectivity index (χ0v) is 10.2. The van der Waals surface area contributed by atoms with Gasteiger partial charge in [0.25, 0.3) is 0 Å². The number of aryl methyl sites for hydroxylation is 1. The molecule has 1 N–H and O–H groups in total. The molecule has 2 aromatic heterocycles. The minimum Gasteiger partial charge on any atom is -0.305 e. The summed E-state index contributed by atoms with van der Waals surface area (Å²) in [4.78, 5) is 8.48. The van der Waals surface area contributed by atoms with Crippen molar-refractivity contribution in [1.82, 2.24) is 15.3 Å². The largest absolute Gasteiger partial charge is 0.305 e. The highest BCUT2D eigenvalue weighted by molar-refractivity contribution is 5.14. The van der Waals surface area contributed by atoms with Crippen LogP contribution in [0.3, 0.4) is 0 Å². The van der Waals surface area contributed by atoms with Crippen LogP contribution in [0.5, 0.6) is 0 Å². The maximum Gasteiger partial charge on any atom is 0.0542 e. The molecule has 0 aliphatic heterocycles. The van der Waals surface area contributed by atoms with Crippen molar-refractivity contribution < 1.29 is 0 Å². The normalized spacial score (nSPS) is 12.4. The van der Waals surface area contributed by atoms with Gasteiger partial charge in [0.1, 0.15) is 0 Å². The second-order valence-corrected chi connectivity index (χ2v) is 4.22.